The number of nitriles is 1. The van der Waals surface area contributed by atoms with E-state index in [1.54, 1.807) is 0 Å². The third-order valence-corrected chi connectivity index (χ3v) is 6.47. The van der Waals surface area contributed by atoms with Crippen LogP contribution in [0.15, 0.2) is 41.7 Å². The highest BCUT2D eigenvalue weighted by molar-refractivity contribution is 5.45. The van der Waals surface area contributed by atoms with Gasteiger partial charge in [-0.1, -0.05) is 32.0 Å². The maximum Gasteiger partial charge on any atom is 0.116 e. The lowest BCUT2D eigenvalue weighted by Crippen LogP contribution is -2.44. The second kappa shape index (κ2) is 6.54. The molecule has 1 aromatic heterocycles. The predicted octanol–water partition coefficient (Wildman–Crippen LogP) is 3.60. The maximum atomic E-state index is 10.5. The summed E-state index contributed by atoms with van der Waals surface area (Å²) in [4.78, 5) is 4.99. The van der Waals surface area contributed by atoms with Crippen molar-refractivity contribution in [2.75, 3.05) is 6.61 Å². The zero-order valence-corrected chi connectivity index (χ0v) is 15.8. The smallest absolute Gasteiger partial charge is 0.116 e. The lowest BCUT2D eigenvalue weighted by molar-refractivity contribution is 0.135. The molecular weight excluding hydrogens is 338 g/mol. The minimum absolute atomic E-state index is 0.0450. The Morgan fingerprint density at radius 3 is 2.74 bits per heavy atom. The largest absolute Gasteiger partial charge is 0.511 e. The number of hydrogen-bond acceptors (Lipinski definition) is 4. The SMILES string of the molecule is C[C@@H]1C(O)=C(C#N)C[C@]2(C)c3nc(CCO)n(-c4ccccc4)c3CC[C@@H]12. The lowest BCUT2D eigenvalue weighted by atomic mass is 9.57. The molecule has 0 saturated heterocycles. The fourth-order valence-corrected chi connectivity index (χ4v) is 5.17. The minimum atomic E-state index is -0.283. The van der Waals surface area contributed by atoms with Gasteiger partial charge in [0.15, 0.2) is 0 Å². The fourth-order valence-electron chi connectivity index (χ4n) is 5.17. The summed E-state index contributed by atoms with van der Waals surface area (Å²) in [5.74, 6) is 1.32. The quantitative estimate of drug-likeness (QED) is 0.873. The van der Waals surface area contributed by atoms with Crippen LogP contribution in [0.25, 0.3) is 5.69 Å². The lowest BCUT2D eigenvalue weighted by Gasteiger charge is -2.46. The summed E-state index contributed by atoms with van der Waals surface area (Å²) < 4.78 is 2.18. The number of fused-ring (bicyclic) bond motifs is 3. The van der Waals surface area contributed by atoms with Crippen molar-refractivity contribution >= 4 is 0 Å². The van der Waals surface area contributed by atoms with Gasteiger partial charge in [0.1, 0.15) is 11.6 Å². The number of nitrogens with zero attached hydrogens (tertiary/aromatic N) is 3. The van der Waals surface area contributed by atoms with Gasteiger partial charge in [-0.05, 0) is 37.3 Å². The predicted molar refractivity (Wildman–Crippen MR) is 103 cm³/mol. The molecule has 0 bridgehead atoms. The summed E-state index contributed by atoms with van der Waals surface area (Å²) >= 11 is 0. The van der Waals surface area contributed by atoms with Gasteiger partial charge in [-0.15, -0.1) is 0 Å². The molecule has 140 valence electrons. The van der Waals surface area contributed by atoms with Gasteiger partial charge >= 0.3 is 0 Å². The Balaban J connectivity index is 1.91. The first-order valence-electron chi connectivity index (χ1n) is 9.60. The molecule has 0 amide bonds. The van der Waals surface area contributed by atoms with Crippen LogP contribution in [0.1, 0.15) is 43.9 Å². The van der Waals surface area contributed by atoms with E-state index in [1.165, 1.54) is 5.69 Å². The highest BCUT2D eigenvalue weighted by Gasteiger charge is 2.50. The first kappa shape index (κ1) is 17.8. The van der Waals surface area contributed by atoms with Gasteiger partial charge in [0.25, 0.3) is 0 Å². The van der Waals surface area contributed by atoms with Crippen LogP contribution in [-0.4, -0.2) is 26.4 Å². The van der Waals surface area contributed by atoms with Crippen molar-refractivity contribution in [3.8, 4) is 11.8 Å². The number of aliphatic hydroxyl groups excluding tert-OH is 2. The van der Waals surface area contributed by atoms with Crippen molar-refractivity contribution in [1.29, 1.82) is 5.26 Å². The molecule has 1 aromatic carbocycles. The van der Waals surface area contributed by atoms with E-state index in [0.29, 0.717) is 18.4 Å². The minimum Gasteiger partial charge on any atom is -0.511 e. The Morgan fingerprint density at radius 2 is 2.07 bits per heavy atom. The van der Waals surface area contributed by atoms with Gasteiger partial charge < -0.3 is 14.8 Å². The summed E-state index contributed by atoms with van der Waals surface area (Å²) in [5.41, 5.74) is 3.45. The van der Waals surface area contributed by atoms with E-state index in [0.717, 1.165) is 30.0 Å². The van der Waals surface area contributed by atoms with Crippen LogP contribution in [0, 0.1) is 23.2 Å². The van der Waals surface area contributed by atoms with E-state index >= 15 is 0 Å². The Hall–Kier alpha value is -2.58. The fraction of sp³-hybridized carbons (Fsp3) is 0.455. The van der Waals surface area contributed by atoms with E-state index < -0.39 is 0 Å². The Kier molecular flexibility index (Phi) is 4.32. The van der Waals surface area contributed by atoms with Gasteiger partial charge in [-0.25, -0.2) is 4.98 Å². The second-order valence-corrected chi connectivity index (χ2v) is 7.97. The van der Waals surface area contributed by atoms with Gasteiger partial charge in [0.2, 0.25) is 0 Å². The average molecular weight is 363 g/mol. The zero-order valence-electron chi connectivity index (χ0n) is 15.8. The Morgan fingerprint density at radius 1 is 1.33 bits per heavy atom. The molecule has 2 aliphatic carbocycles. The molecule has 2 aliphatic rings. The number of aliphatic hydroxyl groups is 2. The Labute approximate surface area is 159 Å². The van der Waals surface area contributed by atoms with Crippen LogP contribution >= 0.6 is 0 Å². The summed E-state index contributed by atoms with van der Waals surface area (Å²) in [6, 6.07) is 12.3. The van der Waals surface area contributed by atoms with Gasteiger partial charge in [0.05, 0.1) is 23.9 Å². The molecule has 2 N–H and O–H groups in total. The average Bonchev–Trinajstić information content (AvgIpc) is 3.05. The van der Waals surface area contributed by atoms with E-state index in [2.05, 4.69) is 29.7 Å². The monoisotopic (exact) mass is 363 g/mol. The first-order valence-corrected chi connectivity index (χ1v) is 9.60. The molecule has 0 radical (unpaired) electrons. The Bertz CT molecular complexity index is 938. The van der Waals surface area contributed by atoms with E-state index in [9.17, 15) is 15.5 Å². The molecule has 0 spiro atoms. The molecule has 3 atom stereocenters. The highest BCUT2D eigenvalue weighted by atomic mass is 16.3. The first-order chi connectivity index (χ1) is 13.0. The summed E-state index contributed by atoms with van der Waals surface area (Å²) in [7, 11) is 0. The molecule has 0 fully saturated rings. The van der Waals surface area contributed by atoms with E-state index in [-0.39, 0.29) is 29.6 Å². The van der Waals surface area contributed by atoms with Crippen molar-refractivity contribution in [2.45, 2.75) is 44.9 Å². The van der Waals surface area contributed by atoms with Crippen LogP contribution < -0.4 is 0 Å². The number of hydrogen-bond donors (Lipinski definition) is 2. The molecule has 2 aromatic rings. The molecule has 4 rings (SSSR count). The van der Waals surface area contributed by atoms with Gasteiger partial charge in [0, 0.05) is 29.1 Å². The number of rotatable bonds is 3. The van der Waals surface area contributed by atoms with Crippen molar-refractivity contribution < 1.29 is 10.2 Å². The normalized spacial score (nSPS) is 27.0. The summed E-state index contributed by atoms with van der Waals surface area (Å²) in [5, 5.41) is 29.6. The van der Waals surface area contributed by atoms with Crippen molar-refractivity contribution in [2.24, 2.45) is 11.8 Å². The van der Waals surface area contributed by atoms with Crippen LogP contribution in [0.5, 0.6) is 0 Å². The van der Waals surface area contributed by atoms with Crippen LogP contribution in [-0.2, 0) is 18.3 Å². The van der Waals surface area contributed by atoms with Gasteiger partial charge in [-0.2, -0.15) is 5.26 Å². The van der Waals surface area contributed by atoms with E-state index in [1.807, 2.05) is 25.1 Å². The zero-order chi connectivity index (χ0) is 19.2. The molecule has 1 heterocycles. The number of imidazole rings is 1. The number of aromatic nitrogens is 2. The molecule has 5 heteroatoms. The van der Waals surface area contributed by atoms with E-state index in [4.69, 9.17) is 4.98 Å². The molecular formula is C22H25N3O2. The third-order valence-electron chi connectivity index (χ3n) is 6.47. The number of benzene rings is 1. The number of allylic oxidation sites excluding steroid dienone is 2. The summed E-state index contributed by atoms with van der Waals surface area (Å²) in [6.07, 6.45) is 2.83. The van der Waals surface area contributed by atoms with Crippen molar-refractivity contribution in [3.63, 3.8) is 0 Å². The van der Waals surface area contributed by atoms with Crippen molar-refractivity contribution in [3.05, 3.63) is 58.9 Å². The van der Waals surface area contributed by atoms with Crippen LogP contribution in [0.2, 0.25) is 0 Å². The van der Waals surface area contributed by atoms with Gasteiger partial charge in [-0.3, -0.25) is 0 Å². The second-order valence-electron chi connectivity index (χ2n) is 7.97. The van der Waals surface area contributed by atoms with Crippen LogP contribution in [0.3, 0.4) is 0 Å². The topological polar surface area (TPSA) is 82.1 Å². The standard InChI is InChI=1S/C22H25N3O2/c1-14-17-8-9-18-21(22(17,2)12-15(13-23)20(14)27)24-19(10-11-26)25(18)16-6-4-3-5-7-16/h3-7,14,17,26-27H,8-12H2,1-2H3/t14-,17-,22-/m0/s1. The maximum absolute atomic E-state index is 10.5. The molecule has 0 aliphatic heterocycles. The number of para-hydroxylation sites is 1. The highest BCUT2D eigenvalue weighted by Crippen LogP contribution is 2.53. The molecule has 0 saturated carbocycles. The molecule has 0 unspecified atom stereocenters. The third kappa shape index (κ3) is 2.59. The molecule has 27 heavy (non-hydrogen) atoms. The molecule has 5 nitrogen and oxygen atoms in total. The van der Waals surface area contributed by atoms with Crippen molar-refractivity contribution in [1.82, 2.24) is 9.55 Å². The summed E-state index contributed by atoms with van der Waals surface area (Å²) in [6.45, 7) is 4.24. The van der Waals surface area contributed by atoms with Crippen LogP contribution in [0.4, 0.5) is 0 Å².